The quantitative estimate of drug-likeness (QED) is 0.246. The lowest BCUT2D eigenvalue weighted by Gasteiger charge is -2.09. The lowest BCUT2D eigenvalue weighted by molar-refractivity contribution is 0.321. The molecule has 0 aliphatic heterocycles. The molecule has 0 aromatic carbocycles. The lowest BCUT2D eigenvalue weighted by Crippen LogP contribution is -2.39. The summed E-state index contributed by atoms with van der Waals surface area (Å²) >= 11 is 1.25. The number of oxime groups is 1. The molecule has 0 bridgehead atoms. The second kappa shape index (κ2) is 4.35. The molecular weight excluding hydrogens is 218 g/mol. The molecule has 1 heterocycles. The summed E-state index contributed by atoms with van der Waals surface area (Å²) in [5.41, 5.74) is -0.672. The van der Waals surface area contributed by atoms with Crippen molar-refractivity contribution in [2.45, 2.75) is 5.03 Å². The van der Waals surface area contributed by atoms with Gasteiger partial charge in [0.25, 0.3) is 5.56 Å². The van der Waals surface area contributed by atoms with Gasteiger partial charge in [0.1, 0.15) is 0 Å². The van der Waals surface area contributed by atoms with E-state index < -0.39 is 11.2 Å². The predicted octanol–water partition coefficient (Wildman–Crippen LogP) is -0.386. The van der Waals surface area contributed by atoms with Gasteiger partial charge in [-0.15, -0.1) is 11.8 Å². The lowest BCUT2D eigenvalue weighted by atomic mass is 10.3. The van der Waals surface area contributed by atoms with Gasteiger partial charge in [-0.25, -0.2) is 4.79 Å². The van der Waals surface area contributed by atoms with E-state index in [0.717, 1.165) is 10.8 Å². The van der Waals surface area contributed by atoms with Crippen LogP contribution in [-0.4, -0.2) is 26.8 Å². The molecule has 1 aromatic heterocycles. The van der Waals surface area contributed by atoms with Gasteiger partial charge in [0, 0.05) is 14.1 Å². The van der Waals surface area contributed by atoms with Crippen LogP contribution in [0, 0.1) is 0 Å². The fraction of sp³-hybridized carbons (Fsp3) is 0.375. The summed E-state index contributed by atoms with van der Waals surface area (Å²) in [4.78, 5) is 23.2. The fourth-order valence-electron chi connectivity index (χ4n) is 1.27. The first-order valence-corrected chi connectivity index (χ1v) is 5.28. The molecule has 1 rings (SSSR count). The minimum atomic E-state index is -0.472. The fourth-order valence-corrected chi connectivity index (χ4v) is 1.98. The molecule has 6 nitrogen and oxygen atoms in total. The Morgan fingerprint density at radius 2 is 1.93 bits per heavy atom. The van der Waals surface area contributed by atoms with Gasteiger partial charge in [-0.05, 0) is 6.26 Å². The van der Waals surface area contributed by atoms with E-state index in [1.165, 1.54) is 23.4 Å². The van der Waals surface area contributed by atoms with Crippen molar-refractivity contribution < 1.29 is 5.21 Å². The number of hydrogen-bond acceptors (Lipinski definition) is 5. The third-order valence-electron chi connectivity index (χ3n) is 2.02. The average molecular weight is 229 g/mol. The van der Waals surface area contributed by atoms with E-state index in [1.54, 1.807) is 13.3 Å². The number of rotatable bonds is 2. The normalized spacial score (nSPS) is 11.1. The van der Waals surface area contributed by atoms with Crippen molar-refractivity contribution in [2.24, 2.45) is 19.3 Å². The van der Waals surface area contributed by atoms with Gasteiger partial charge >= 0.3 is 5.69 Å². The molecule has 15 heavy (non-hydrogen) atoms. The summed E-state index contributed by atoms with van der Waals surface area (Å²) in [5, 5.41) is 11.7. The highest BCUT2D eigenvalue weighted by Crippen LogP contribution is 2.12. The highest BCUT2D eigenvalue weighted by molar-refractivity contribution is 7.98. The summed E-state index contributed by atoms with van der Waals surface area (Å²) in [6, 6.07) is 0. The van der Waals surface area contributed by atoms with Crippen molar-refractivity contribution >= 4 is 18.0 Å². The second-order valence-electron chi connectivity index (χ2n) is 2.87. The van der Waals surface area contributed by atoms with Crippen LogP contribution in [0.5, 0.6) is 0 Å². The van der Waals surface area contributed by atoms with Crippen molar-refractivity contribution in [1.82, 2.24) is 9.13 Å². The number of hydrogen-bond donors (Lipinski definition) is 1. The number of thioether (sulfide) groups is 1. The molecular formula is C8H11N3O3S. The van der Waals surface area contributed by atoms with Crippen molar-refractivity contribution in [3.05, 3.63) is 26.4 Å². The molecule has 0 amide bonds. The third kappa shape index (κ3) is 1.82. The molecule has 0 unspecified atom stereocenters. The van der Waals surface area contributed by atoms with Gasteiger partial charge in [0.15, 0.2) is 0 Å². The molecule has 0 fully saturated rings. The molecule has 0 saturated carbocycles. The van der Waals surface area contributed by atoms with Crippen LogP contribution in [0.4, 0.5) is 0 Å². The monoisotopic (exact) mass is 229 g/mol. The molecule has 1 N–H and O–H groups in total. The maximum absolute atomic E-state index is 11.6. The Balaban J connectivity index is 3.78. The SMILES string of the molecule is CSc1c(/C=N\O)c(=O)n(C)c(=O)n1C. The Bertz CT molecular complexity index is 515. The summed E-state index contributed by atoms with van der Waals surface area (Å²) in [7, 11) is 2.94. The number of nitrogens with zero attached hydrogens (tertiary/aromatic N) is 3. The third-order valence-corrected chi connectivity index (χ3v) is 2.90. The van der Waals surface area contributed by atoms with Crippen molar-refractivity contribution in [2.75, 3.05) is 6.26 Å². The van der Waals surface area contributed by atoms with Gasteiger partial charge in [-0.3, -0.25) is 13.9 Å². The topological polar surface area (TPSA) is 76.6 Å². The van der Waals surface area contributed by atoms with Crippen LogP contribution in [0.3, 0.4) is 0 Å². The van der Waals surface area contributed by atoms with E-state index in [4.69, 9.17) is 5.21 Å². The summed E-state index contributed by atoms with van der Waals surface area (Å²) in [6.45, 7) is 0. The molecule has 0 aliphatic carbocycles. The van der Waals surface area contributed by atoms with Crippen LogP contribution >= 0.6 is 11.8 Å². The van der Waals surface area contributed by atoms with Crippen LogP contribution in [0.2, 0.25) is 0 Å². The Kier molecular flexibility index (Phi) is 3.35. The maximum atomic E-state index is 11.6. The molecule has 1 aromatic rings. The molecule has 0 aliphatic rings. The molecule has 7 heteroatoms. The first-order valence-electron chi connectivity index (χ1n) is 4.06. The minimum absolute atomic E-state index is 0.203. The van der Waals surface area contributed by atoms with Gasteiger partial charge in [-0.2, -0.15) is 0 Å². The van der Waals surface area contributed by atoms with Crippen LogP contribution in [0.1, 0.15) is 5.56 Å². The number of aromatic nitrogens is 2. The van der Waals surface area contributed by atoms with Crippen molar-refractivity contribution in [3.8, 4) is 0 Å². The summed E-state index contributed by atoms with van der Waals surface area (Å²) < 4.78 is 2.31. The smallest absolute Gasteiger partial charge is 0.331 e. The van der Waals surface area contributed by atoms with Gasteiger partial charge in [-0.1, -0.05) is 5.16 Å². The van der Waals surface area contributed by atoms with E-state index >= 15 is 0 Å². The Morgan fingerprint density at radius 1 is 1.33 bits per heavy atom. The molecule has 0 spiro atoms. The molecule has 0 radical (unpaired) electrons. The predicted molar refractivity (Wildman–Crippen MR) is 58.1 cm³/mol. The van der Waals surface area contributed by atoms with E-state index in [0.29, 0.717) is 5.03 Å². The van der Waals surface area contributed by atoms with E-state index in [9.17, 15) is 9.59 Å². The average Bonchev–Trinajstić information content (AvgIpc) is 2.24. The maximum Gasteiger partial charge on any atom is 0.331 e. The van der Waals surface area contributed by atoms with Crippen molar-refractivity contribution in [3.63, 3.8) is 0 Å². The van der Waals surface area contributed by atoms with E-state index in [1.807, 2.05) is 0 Å². The zero-order valence-corrected chi connectivity index (χ0v) is 9.41. The Labute approximate surface area is 89.8 Å². The van der Waals surface area contributed by atoms with Gasteiger partial charge in [0.2, 0.25) is 0 Å². The van der Waals surface area contributed by atoms with Crippen LogP contribution in [0.15, 0.2) is 19.8 Å². The Hall–Kier alpha value is -1.50. The minimum Gasteiger partial charge on any atom is -0.411 e. The largest absolute Gasteiger partial charge is 0.411 e. The van der Waals surface area contributed by atoms with Gasteiger partial charge < -0.3 is 5.21 Å². The second-order valence-corrected chi connectivity index (χ2v) is 3.67. The highest BCUT2D eigenvalue weighted by Gasteiger charge is 2.12. The molecule has 0 saturated heterocycles. The Morgan fingerprint density at radius 3 is 2.40 bits per heavy atom. The summed E-state index contributed by atoms with van der Waals surface area (Å²) in [5.74, 6) is 0. The zero-order valence-electron chi connectivity index (χ0n) is 8.59. The van der Waals surface area contributed by atoms with E-state index in [-0.39, 0.29) is 5.56 Å². The van der Waals surface area contributed by atoms with Crippen LogP contribution < -0.4 is 11.2 Å². The van der Waals surface area contributed by atoms with Gasteiger partial charge in [0.05, 0.1) is 16.8 Å². The van der Waals surface area contributed by atoms with E-state index in [2.05, 4.69) is 5.16 Å². The molecule has 82 valence electrons. The first-order chi connectivity index (χ1) is 7.04. The highest BCUT2D eigenvalue weighted by atomic mass is 32.2. The van der Waals surface area contributed by atoms with Crippen LogP contribution in [-0.2, 0) is 14.1 Å². The standard InChI is InChI=1S/C8H11N3O3S/c1-10-6(12)5(4-9-14)7(15-3)11(2)8(10)13/h4,14H,1-3H3/b9-4-. The zero-order chi connectivity index (χ0) is 11.6. The summed E-state index contributed by atoms with van der Waals surface area (Å²) in [6.07, 6.45) is 2.77. The van der Waals surface area contributed by atoms with Crippen LogP contribution in [0.25, 0.3) is 0 Å². The molecule has 0 atom stereocenters. The van der Waals surface area contributed by atoms with Crippen molar-refractivity contribution in [1.29, 1.82) is 0 Å². The first kappa shape index (κ1) is 11.6.